The summed E-state index contributed by atoms with van der Waals surface area (Å²) in [5, 5.41) is 120. The van der Waals surface area contributed by atoms with Crippen molar-refractivity contribution >= 4 is 5.69 Å². The molecule has 2 aromatic rings. The summed E-state index contributed by atoms with van der Waals surface area (Å²) in [5.74, 6) is -5.34. The van der Waals surface area contributed by atoms with Gasteiger partial charge in [0.1, 0.15) is 36.6 Å². The molecule has 0 bridgehead atoms. The molecule has 0 spiro atoms. The number of hydrogen-bond acceptors (Lipinski definition) is 16. The van der Waals surface area contributed by atoms with Crippen molar-refractivity contribution in [1.29, 1.82) is 0 Å². The van der Waals surface area contributed by atoms with Crippen LogP contribution in [0.4, 0.5) is 5.69 Å². The van der Waals surface area contributed by atoms with Crippen molar-refractivity contribution in [3.05, 3.63) is 86.0 Å². The molecule has 0 aromatic heterocycles. The highest BCUT2D eigenvalue weighted by atomic mass is 16.7. The van der Waals surface area contributed by atoms with Crippen LogP contribution in [0.1, 0.15) is 11.1 Å². The van der Waals surface area contributed by atoms with E-state index < -0.39 is 83.1 Å². The lowest BCUT2D eigenvalue weighted by atomic mass is 9.83. The third-order valence-corrected chi connectivity index (χ3v) is 7.02. The van der Waals surface area contributed by atoms with E-state index in [4.69, 9.17) is 19.7 Å². The Morgan fingerprint density at radius 3 is 1.69 bits per heavy atom. The summed E-state index contributed by atoms with van der Waals surface area (Å²) in [5.41, 5.74) is -3.88. The first-order valence-corrected chi connectivity index (χ1v) is 12.2. The molecule has 232 valence electrons. The number of rotatable bonds is 6. The average molecular weight is 603 g/mol. The van der Waals surface area contributed by atoms with Gasteiger partial charge in [0.05, 0.1) is 23.1 Å². The summed E-state index contributed by atoms with van der Waals surface area (Å²) in [6.07, 6.45) is -12.4. The van der Waals surface area contributed by atoms with Gasteiger partial charge in [0.25, 0.3) is 11.5 Å². The number of nitro groups is 2. The van der Waals surface area contributed by atoms with Crippen molar-refractivity contribution in [3.8, 4) is 0 Å². The summed E-state index contributed by atoms with van der Waals surface area (Å²) in [6.45, 7) is -1.51. The Balaban J connectivity index is 0.000000230. The lowest BCUT2D eigenvalue weighted by Gasteiger charge is -2.46. The molecule has 18 heteroatoms. The first kappa shape index (κ1) is 33.3. The Hall–Kier alpha value is -3.24. The molecule has 2 aliphatic heterocycles. The molecule has 2 fully saturated rings. The molecule has 0 unspecified atom stereocenters. The molecule has 0 amide bonds. The zero-order valence-corrected chi connectivity index (χ0v) is 21.5. The number of aliphatic hydroxyl groups is 10. The van der Waals surface area contributed by atoms with E-state index >= 15 is 0 Å². The van der Waals surface area contributed by atoms with Crippen molar-refractivity contribution in [2.75, 3.05) is 13.2 Å². The van der Waals surface area contributed by atoms with Crippen LogP contribution < -0.4 is 0 Å². The second-order valence-electron chi connectivity index (χ2n) is 9.53. The predicted octanol–water partition coefficient (Wildman–Crippen LogP) is -3.88. The summed E-state index contributed by atoms with van der Waals surface area (Å²) in [6, 6.07) is 11.4. The van der Waals surface area contributed by atoms with Crippen LogP contribution in [0, 0.1) is 20.2 Å². The van der Waals surface area contributed by atoms with Crippen molar-refractivity contribution in [2.24, 2.45) is 0 Å². The standard InChI is InChI=1S/2C12H15NO8/c14-5-8-9(15)10(16)11(17)12(18,21-8)6-1-3-7(4-2-6)13(19)20;14-6-8-9(15)10(16)11(17,13(19)20)12(18,21-8)7-4-2-1-3-5-7/h1-4,8-11,14-18H,5H2;1-5,8-10,14-18H,6H2/t2*8-,9-,10+,11-,12-/m11/s1. The van der Waals surface area contributed by atoms with E-state index in [0.29, 0.717) is 0 Å². The minimum Gasteiger partial charge on any atom is -0.394 e. The summed E-state index contributed by atoms with van der Waals surface area (Å²) >= 11 is 0. The largest absolute Gasteiger partial charge is 0.409 e. The van der Waals surface area contributed by atoms with Gasteiger partial charge in [-0.25, -0.2) is 0 Å². The van der Waals surface area contributed by atoms with E-state index in [2.05, 4.69) is 0 Å². The predicted molar refractivity (Wildman–Crippen MR) is 133 cm³/mol. The van der Waals surface area contributed by atoms with E-state index in [1.807, 2.05) is 0 Å². The molecular formula is C24H30N2O16. The molecule has 2 aromatic carbocycles. The van der Waals surface area contributed by atoms with E-state index in [1.54, 1.807) is 6.07 Å². The number of aliphatic hydroxyl groups excluding tert-OH is 7. The smallest absolute Gasteiger partial charge is 0.394 e. The zero-order chi connectivity index (χ0) is 31.6. The van der Waals surface area contributed by atoms with E-state index in [1.165, 1.54) is 24.3 Å². The van der Waals surface area contributed by atoms with Gasteiger partial charge in [-0.1, -0.05) is 30.3 Å². The zero-order valence-electron chi connectivity index (χ0n) is 21.5. The maximum atomic E-state index is 11.2. The Kier molecular flexibility index (Phi) is 9.94. The normalized spacial score (nSPS) is 38.2. The molecule has 2 aliphatic rings. The Bertz CT molecular complexity index is 1230. The molecule has 18 nitrogen and oxygen atoms in total. The quantitative estimate of drug-likeness (QED) is 0.0858. The number of ether oxygens (including phenoxy) is 2. The third kappa shape index (κ3) is 5.58. The number of nitro benzene ring substituents is 1. The van der Waals surface area contributed by atoms with Crippen LogP contribution in [0.15, 0.2) is 54.6 Å². The lowest BCUT2D eigenvalue weighted by Crippen LogP contribution is -2.74. The van der Waals surface area contributed by atoms with Crippen molar-refractivity contribution in [3.63, 3.8) is 0 Å². The van der Waals surface area contributed by atoms with Gasteiger partial charge < -0.3 is 60.5 Å². The molecule has 0 radical (unpaired) electrons. The summed E-state index contributed by atoms with van der Waals surface area (Å²) in [4.78, 5) is 19.8. The molecule has 10 atom stereocenters. The van der Waals surface area contributed by atoms with Gasteiger partial charge in [-0.15, -0.1) is 0 Å². The molecular weight excluding hydrogens is 572 g/mol. The van der Waals surface area contributed by atoms with Crippen LogP contribution in [0.25, 0.3) is 0 Å². The van der Waals surface area contributed by atoms with Crippen LogP contribution >= 0.6 is 0 Å². The maximum absolute atomic E-state index is 11.2. The summed E-state index contributed by atoms with van der Waals surface area (Å²) in [7, 11) is 0. The minimum atomic E-state index is -3.40. The second kappa shape index (κ2) is 12.6. The van der Waals surface area contributed by atoms with Crippen molar-refractivity contribution in [2.45, 2.75) is 60.0 Å². The molecule has 4 rings (SSSR count). The topological polar surface area (TPSA) is 307 Å². The third-order valence-electron chi connectivity index (χ3n) is 7.02. The summed E-state index contributed by atoms with van der Waals surface area (Å²) < 4.78 is 10.1. The highest BCUT2D eigenvalue weighted by molar-refractivity contribution is 5.35. The van der Waals surface area contributed by atoms with Crippen LogP contribution in [0.5, 0.6) is 0 Å². The van der Waals surface area contributed by atoms with Gasteiger partial charge in [-0.3, -0.25) is 20.2 Å². The molecule has 2 saturated heterocycles. The van der Waals surface area contributed by atoms with Gasteiger partial charge in [0.15, 0.2) is 6.10 Å². The van der Waals surface area contributed by atoms with Gasteiger partial charge in [0, 0.05) is 23.3 Å². The van der Waals surface area contributed by atoms with Gasteiger partial charge >= 0.3 is 5.72 Å². The fourth-order valence-electron chi connectivity index (χ4n) is 4.55. The number of hydrogen-bond donors (Lipinski definition) is 10. The van der Waals surface area contributed by atoms with E-state index in [0.717, 1.165) is 24.3 Å². The molecule has 2 heterocycles. The van der Waals surface area contributed by atoms with E-state index in [9.17, 15) is 61.1 Å². The number of nitrogens with zero attached hydrogens (tertiary/aromatic N) is 2. The molecule has 42 heavy (non-hydrogen) atoms. The van der Waals surface area contributed by atoms with Crippen LogP contribution in [-0.2, 0) is 21.0 Å². The first-order chi connectivity index (χ1) is 19.6. The lowest BCUT2D eigenvalue weighted by molar-refractivity contribution is -0.698. The van der Waals surface area contributed by atoms with Crippen LogP contribution in [-0.4, -0.2) is 123 Å². The van der Waals surface area contributed by atoms with Gasteiger partial charge in [-0.05, 0) is 12.1 Å². The SMILES string of the molecule is O=[N+]([O-])[C@@]1(O)[C@@H](O)[C@H](O)[C@@H](CO)O[C@]1(O)c1ccccc1.O=[N+]([O-])c1ccc([C@@]2(O)O[C@H](CO)[C@@H](O)[C@H](O)[C@H]2O)cc1. The molecule has 10 N–H and O–H groups in total. The number of non-ortho nitro benzene ring substituents is 1. The Morgan fingerprint density at radius 1 is 0.690 bits per heavy atom. The monoisotopic (exact) mass is 602 g/mol. The molecule has 0 aliphatic carbocycles. The fourth-order valence-corrected chi connectivity index (χ4v) is 4.55. The highest BCUT2D eigenvalue weighted by Crippen LogP contribution is 2.44. The van der Waals surface area contributed by atoms with Crippen LogP contribution in [0.3, 0.4) is 0 Å². The Labute approximate surface area is 235 Å². The van der Waals surface area contributed by atoms with E-state index in [-0.39, 0.29) is 16.8 Å². The highest BCUT2D eigenvalue weighted by Gasteiger charge is 2.73. The Morgan fingerprint density at radius 2 is 1.21 bits per heavy atom. The number of benzene rings is 2. The van der Waals surface area contributed by atoms with Crippen LogP contribution in [0.2, 0.25) is 0 Å². The fraction of sp³-hybridized carbons (Fsp3) is 0.500. The maximum Gasteiger partial charge on any atom is 0.409 e. The minimum absolute atomic E-state index is 0.0509. The molecule has 0 saturated carbocycles. The first-order valence-electron chi connectivity index (χ1n) is 12.2. The van der Waals surface area contributed by atoms with Crippen molar-refractivity contribution < 1.29 is 70.4 Å². The second-order valence-corrected chi connectivity index (χ2v) is 9.53. The average Bonchev–Trinajstić information content (AvgIpc) is 2.99. The van der Waals surface area contributed by atoms with Crippen molar-refractivity contribution in [1.82, 2.24) is 0 Å². The van der Waals surface area contributed by atoms with Gasteiger partial charge in [0.2, 0.25) is 5.79 Å². The van der Waals surface area contributed by atoms with Gasteiger partial charge in [-0.2, -0.15) is 0 Å².